The maximum atomic E-state index is 12.1. The van der Waals surface area contributed by atoms with E-state index in [1.807, 2.05) is 24.3 Å². The summed E-state index contributed by atoms with van der Waals surface area (Å²) in [6, 6.07) is 9.21. The smallest absolute Gasteiger partial charge is 0.306 e. The summed E-state index contributed by atoms with van der Waals surface area (Å²) < 4.78 is 26.4. The Kier molecular flexibility index (Phi) is 4.33. The lowest BCUT2D eigenvalue weighted by Gasteiger charge is -2.01. The van der Waals surface area contributed by atoms with Gasteiger partial charge in [-0.2, -0.15) is 0 Å². The first-order chi connectivity index (χ1) is 10.8. The largest absolute Gasteiger partial charge is 0.326 e. The fourth-order valence-corrected chi connectivity index (χ4v) is 4.14. The molecule has 23 heavy (non-hydrogen) atoms. The molecule has 2 aromatic heterocycles. The third-order valence-corrected chi connectivity index (χ3v) is 5.54. The van der Waals surface area contributed by atoms with Crippen molar-refractivity contribution in [3.05, 3.63) is 55.6 Å². The topological polar surface area (TPSA) is 84.0 Å². The van der Waals surface area contributed by atoms with Crippen molar-refractivity contribution in [1.82, 2.24) is 14.3 Å². The van der Waals surface area contributed by atoms with Gasteiger partial charge in [0.25, 0.3) is 0 Å². The average molecular weight is 372 g/mol. The van der Waals surface area contributed by atoms with E-state index >= 15 is 0 Å². The zero-order valence-corrected chi connectivity index (χ0v) is 14.6. The maximum absolute atomic E-state index is 12.1. The van der Waals surface area contributed by atoms with Crippen LogP contribution in [0.4, 0.5) is 0 Å². The highest BCUT2D eigenvalue weighted by Gasteiger charge is 2.12. The highest BCUT2D eigenvalue weighted by molar-refractivity contribution is 7.88. The van der Waals surface area contributed by atoms with Crippen LogP contribution in [0, 0.1) is 0 Å². The van der Waals surface area contributed by atoms with E-state index in [0.717, 1.165) is 27.0 Å². The molecule has 2 N–H and O–H groups in total. The van der Waals surface area contributed by atoms with Crippen molar-refractivity contribution in [2.75, 3.05) is 6.26 Å². The van der Waals surface area contributed by atoms with Crippen LogP contribution >= 0.6 is 22.9 Å². The van der Waals surface area contributed by atoms with E-state index in [1.54, 1.807) is 10.6 Å². The zero-order valence-electron chi connectivity index (χ0n) is 12.2. The number of hydrogen-bond donors (Lipinski definition) is 2. The summed E-state index contributed by atoms with van der Waals surface area (Å²) >= 11 is 7.54. The molecule has 1 aromatic carbocycles. The number of nitrogens with one attached hydrogen (secondary N) is 2. The summed E-state index contributed by atoms with van der Waals surface area (Å²) in [4.78, 5) is 16.5. The standard InChI is InChI=1S/C14H14ClN3O3S2/c1-23(20,21)16-7-13-10(15)6-9(22-13)8-18-12-5-3-2-4-11(12)17-14(18)19/h2-6,16H,7-8H2,1H3,(H,17,19). The normalized spacial score (nSPS) is 12.1. The molecule has 0 atom stereocenters. The Morgan fingerprint density at radius 3 is 2.83 bits per heavy atom. The van der Waals surface area contributed by atoms with Crippen LogP contribution in [0.2, 0.25) is 5.02 Å². The number of fused-ring (bicyclic) bond motifs is 1. The second kappa shape index (κ2) is 6.12. The van der Waals surface area contributed by atoms with Crippen molar-refractivity contribution in [2.24, 2.45) is 0 Å². The molecule has 0 saturated heterocycles. The summed E-state index contributed by atoms with van der Waals surface area (Å²) in [5.41, 5.74) is 1.41. The average Bonchev–Trinajstić information content (AvgIpc) is 2.97. The van der Waals surface area contributed by atoms with Crippen molar-refractivity contribution in [3.63, 3.8) is 0 Å². The Morgan fingerprint density at radius 1 is 1.35 bits per heavy atom. The molecule has 0 radical (unpaired) electrons. The number of imidazole rings is 1. The number of aromatic amines is 1. The molecule has 0 aliphatic heterocycles. The molecule has 0 aliphatic rings. The molecule has 0 amide bonds. The van der Waals surface area contributed by atoms with Gasteiger partial charge in [-0.1, -0.05) is 23.7 Å². The van der Waals surface area contributed by atoms with E-state index in [9.17, 15) is 13.2 Å². The molecular weight excluding hydrogens is 358 g/mol. The molecule has 6 nitrogen and oxygen atoms in total. The molecule has 3 rings (SSSR count). The second-order valence-corrected chi connectivity index (χ2v) is 8.57. The van der Waals surface area contributed by atoms with Gasteiger partial charge >= 0.3 is 5.69 Å². The zero-order chi connectivity index (χ0) is 16.6. The van der Waals surface area contributed by atoms with E-state index in [-0.39, 0.29) is 12.2 Å². The Balaban J connectivity index is 1.88. The second-order valence-electron chi connectivity index (χ2n) is 5.11. The lowest BCUT2D eigenvalue weighted by molar-refractivity contribution is 0.588. The predicted molar refractivity (Wildman–Crippen MR) is 92.7 cm³/mol. The van der Waals surface area contributed by atoms with Crippen molar-refractivity contribution in [3.8, 4) is 0 Å². The minimum absolute atomic E-state index is 0.144. The fourth-order valence-electron chi connectivity index (χ4n) is 2.27. The summed E-state index contributed by atoms with van der Waals surface area (Å²) in [7, 11) is -3.28. The number of rotatable bonds is 5. The quantitative estimate of drug-likeness (QED) is 0.720. The van der Waals surface area contributed by atoms with Crippen LogP contribution in [0.1, 0.15) is 9.75 Å². The monoisotopic (exact) mass is 371 g/mol. The van der Waals surface area contributed by atoms with Crippen molar-refractivity contribution >= 4 is 44.0 Å². The predicted octanol–water partition coefficient (Wildman–Crippen LogP) is 2.14. The molecule has 2 heterocycles. The molecule has 0 saturated carbocycles. The molecule has 122 valence electrons. The minimum atomic E-state index is -3.28. The third kappa shape index (κ3) is 3.66. The summed E-state index contributed by atoms with van der Waals surface area (Å²) in [5, 5.41) is 0.494. The van der Waals surface area contributed by atoms with Crippen LogP contribution in [-0.2, 0) is 23.1 Å². The minimum Gasteiger partial charge on any atom is -0.306 e. The Hall–Kier alpha value is -1.61. The van der Waals surface area contributed by atoms with Gasteiger partial charge in [-0.05, 0) is 18.2 Å². The van der Waals surface area contributed by atoms with Crippen LogP contribution in [0.3, 0.4) is 0 Å². The van der Waals surface area contributed by atoms with Gasteiger partial charge in [-0.15, -0.1) is 11.3 Å². The molecular formula is C14H14ClN3O3S2. The first-order valence-corrected chi connectivity index (χ1v) is 9.81. The number of aromatic nitrogens is 2. The number of H-pyrrole nitrogens is 1. The van der Waals surface area contributed by atoms with Crippen LogP contribution in [-0.4, -0.2) is 24.2 Å². The molecule has 0 fully saturated rings. The summed E-state index contributed by atoms with van der Waals surface area (Å²) in [5.74, 6) is 0. The SMILES string of the molecule is CS(=O)(=O)NCc1sc(Cn2c(=O)[nH]c3ccccc32)cc1Cl. The van der Waals surface area contributed by atoms with Gasteiger partial charge in [0.15, 0.2) is 0 Å². The summed E-state index contributed by atoms with van der Waals surface area (Å²) in [6.45, 7) is 0.525. The lowest BCUT2D eigenvalue weighted by atomic mass is 10.3. The van der Waals surface area contributed by atoms with Gasteiger partial charge in [-0.3, -0.25) is 4.57 Å². The number of sulfonamides is 1. The molecule has 0 bridgehead atoms. The number of halogens is 1. The molecule has 0 unspecified atom stereocenters. The number of hydrogen-bond acceptors (Lipinski definition) is 4. The first-order valence-electron chi connectivity index (χ1n) is 6.73. The number of thiophene rings is 1. The summed E-state index contributed by atoms with van der Waals surface area (Å²) in [6.07, 6.45) is 1.10. The Bertz CT molecular complexity index is 1020. The highest BCUT2D eigenvalue weighted by Crippen LogP contribution is 2.28. The van der Waals surface area contributed by atoms with E-state index in [4.69, 9.17) is 11.6 Å². The van der Waals surface area contributed by atoms with Crippen molar-refractivity contribution in [2.45, 2.75) is 13.1 Å². The van der Waals surface area contributed by atoms with Gasteiger partial charge in [0, 0.05) is 16.3 Å². The first kappa shape index (κ1) is 16.3. The molecule has 9 heteroatoms. The van der Waals surface area contributed by atoms with Crippen LogP contribution in [0.5, 0.6) is 0 Å². The number of para-hydroxylation sites is 2. The van der Waals surface area contributed by atoms with Crippen molar-refractivity contribution in [1.29, 1.82) is 0 Å². The van der Waals surface area contributed by atoms with Crippen LogP contribution in [0.25, 0.3) is 11.0 Å². The van der Waals surface area contributed by atoms with Gasteiger partial charge in [0.2, 0.25) is 10.0 Å². The van der Waals surface area contributed by atoms with Crippen molar-refractivity contribution < 1.29 is 8.42 Å². The van der Waals surface area contributed by atoms with E-state index in [2.05, 4.69) is 9.71 Å². The molecule has 0 spiro atoms. The van der Waals surface area contributed by atoms with Crippen LogP contribution in [0.15, 0.2) is 35.1 Å². The van der Waals surface area contributed by atoms with Gasteiger partial charge in [0.1, 0.15) is 0 Å². The van der Waals surface area contributed by atoms with Gasteiger partial charge in [-0.25, -0.2) is 17.9 Å². The van der Waals surface area contributed by atoms with Crippen LogP contribution < -0.4 is 10.4 Å². The number of benzene rings is 1. The lowest BCUT2D eigenvalue weighted by Crippen LogP contribution is -2.20. The van der Waals surface area contributed by atoms with E-state index in [0.29, 0.717) is 11.6 Å². The third-order valence-electron chi connectivity index (χ3n) is 3.30. The fraction of sp³-hybridized carbons (Fsp3) is 0.214. The Morgan fingerprint density at radius 2 is 2.09 bits per heavy atom. The maximum Gasteiger partial charge on any atom is 0.326 e. The van der Waals surface area contributed by atoms with Gasteiger partial charge in [0.05, 0.1) is 28.9 Å². The molecule has 3 aromatic rings. The highest BCUT2D eigenvalue weighted by atomic mass is 35.5. The van der Waals surface area contributed by atoms with E-state index in [1.165, 1.54) is 11.3 Å². The van der Waals surface area contributed by atoms with Gasteiger partial charge < -0.3 is 4.98 Å². The number of nitrogens with zero attached hydrogens (tertiary/aromatic N) is 1. The van der Waals surface area contributed by atoms with E-state index < -0.39 is 10.0 Å². The Labute approximate surface area is 141 Å². The molecule has 0 aliphatic carbocycles.